The molecule has 8 nitrogen and oxygen atoms in total. The van der Waals surface area contributed by atoms with Gasteiger partial charge in [-0.25, -0.2) is 4.98 Å². The molecule has 1 atom stereocenters. The Morgan fingerprint density at radius 2 is 2.35 bits per heavy atom. The lowest BCUT2D eigenvalue weighted by Crippen LogP contribution is -2.34. The zero-order valence-electron chi connectivity index (χ0n) is 12.5. The van der Waals surface area contributed by atoms with Crippen molar-refractivity contribution in [3.63, 3.8) is 0 Å². The van der Waals surface area contributed by atoms with Gasteiger partial charge in [-0.05, 0) is 6.92 Å². The van der Waals surface area contributed by atoms with E-state index in [1.807, 2.05) is 12.3 Å². The highest BCUT2D eigenvalue weighted by atomic mass is 32.1. The molecule has 23 heavy (non-hydrogen) atoms. The lowest BCUT2D eigenvalue weighted by molar-refractivity contribution is -0.126. The van der Waals surface area contributed by atoms with E-state index in [2.05, 4.69) is 20.5 Å². The fraction of sp³-hybridized carbons (Fsp3) is 0.462. The van der Waals surface area contributed by atoms with Crippen molar-refractivity contribution in [1.29, 1.82) is 0 Å². The summed E-state index contributed by atoms with van der Waals surface area (Å²) in [6.45, 7) is 2.66. The molecular formula is C13H16N6O2S2. The van der Waals surface area contributed by atoms with E-state index >= 15 is 0 Å². The fourth-order valence-electron chi connectivity index (χ4n) is 2.36. The van der Waals surface area contributed by atoms with Gasteiger partial charge in [0, 0.05) is 31.3 Å². The molecule has 1 saturated heterocycles. The van der Waals surface area contributed by atoms with E-state index in [1.165, 1.54) is 27.6 Å². The van der Waals surface area contributed by atoms with Gasteiger partial charge < -0.3 is 11.1 Å². The molecule has 3 rings (SSSR count). The Labute approximate surface area is 140 Å². The lowest BCUT2D eigenvalue weighted by atomic mass is 10.1. The maximum Gasteiger partial charge on any atom is 0.229 e. The van der Waals surface area contributed by atoms with Crippen molar-refractivity contribution >= 4 is 44.8 Å². The Morgan fingerprint density at radius 3 is 3.00 bits per heavy atom. The zero-order chi connectivity index (χ0) is 16.4. The number of amides is 2. The van der Waals surface area contributed by atoms with Gasteiger partial charge in [0.1, 0.15) is 5.01 Å². The number of rotatable bonds is 5. The van der Waals surface area contributed by atoms with E-state index in [9.17, 15) is 9.59 Å². The Morgan fingerprint density at radius 1 is 1.52 bits per heavy atom. The van der Waals surface area contributed by atoms with Crippen LogP contribution in [-0.4, -0.2) is 40.1 Å². The minimum atomic E-state index is -0.354. The first-order chi connectivity index (χ1) is 11.0. The maximum atomic E-state index is 12.2. The number of nitrogen functional groups attached to an aromatic ring is 1. The molecule has 0 spiro atoms. The molecule has 2 amide bonds. The summed E-state index contributed by atoms with van der Waals surface area (Å²) in [5.41, 5.74) is 6.43. The number of carbonyl (C=O) groups is 2. The summed E-state index contributed by atoms with van der Waals surface area (Å²) < 4.78 is 0. The van der Waals surface area contributed by atoms with Crippen LogP contribution < -0.4 is 16.0 Å². The van der Waals surface area contributed by atoms with Crippen LogP contribution in [-0.2, 0) is 16.0 Å². The molecule has 1 fully saturated rings. The van der Waals surface area contributed by atoms with E-state index in [1.54, 1.807) is 0 Å². The molecule has 1 aliphatic heterocycles. The number of nitrogens with zero attached hydrogens (tertiary/aromatic N) is 4. The number of carbonyl (C=O) groups excluding carboxylic acids is 2. The second-order valence-corrected chi connectivity index (χ2v) is 7.28. The first-order valence-corrected chi connectivity index (χ1v) is 8.80. The average molecular weight is 352 g/mol. The molecular weight excluding hydrogens is 336 g/mol. The molecule has 0 aromatic carbocycles. The summed E-state index contributed by atoms with van der Waals surface area (Å²) in [4.78, 5) is 29.9. The molecule has 122 valence electrons. The third kappa shape index (κ3) is 3.64. The number of anilines is 2. The van der Waals surface area contributed by atoms with Crippen LogP contribution >= 0.6 is 22.7 Å². The number of hydrogen-bond acceptors (Lipinski definition) is 8. The second kappa shape index (κ2) is 6.59. The van der Waals surface area contributed by atoms with Gasteiger partial charge in [-0.2, -0.15) is 0 Å². The smallest absolute Gasteiger partial charge is 0.229 e. The number of nitrogens with one attached hydrogen (secondary N) is 1. The minimum Gasteiger partial charge on any atom is -0.375 e. The van der Waals surface area contributed by atoms with Crippen LogP contribution in [0.25, 0.3) is 0 Å². The minimum absolute atomic E-state index is 0.0893. The highest BCUT2D eigenvalue weighted by Gasteiger charge is 2.36. The van der Waals surface area contributed by atoms with Crippen LogP contribution in [0.3, 0.4) is 0 Å². The van der Waals surface area contributed by atoms with Gasteiger partial charge in [0.25, 0.3) is 0 Å². The van der Waals surface area contributed by atoms with Gasteiger partial charge in [-0.3, -0.25) is 14.5 Å². The van der Waals surface area contributed by atoms with Gasteiger partial charge in [0.15, 0.2) is 5.13 Å². The fourth-order valence-corrected chi connectivity index (χ4v) is 3.67. The van der Waals surface area contributed by atoms with Crippen molar-refractivity contribution in [2.45, 2.75) is 19.8 Å². The molecule has 0 aliphatic carbocycles. The van der Waals surface area contributed by atoms with Crippen LogP contribution in [0.5, 0.6) is 0 Å². The Bertz CT molecular complexity index is 728. The van der Waals surface area contributed by atoms with Crippen LogP contribution in [0, 0.1) is 12.8 Å². The summed E-state index contributed by atoms with van der Waals surface area (Å²) in [6.07, 6.45) is 0.827. The first-order valence-electron chi connectivity index (χ1n) is 7.11. The van der Waals surface area contributed by atoms with Crippen LogP contribution in [0.1, 0.15) is 17.1 Å². The third-order valence-electron chi connectivity index (χ3n) is 3.49. The van der Waals surface area contributed by atoms with Crippen molar-refractivity contribution < 1.29 is 9.59 Å². The SMILES string of the molecule is Cc1nnc(N2CC(C(=O)NCCc3csc(N)n3)CC2=O)s1. The van der Waals surface area contributed by atoms with Crippen LogP contribution in [0.4, 0.5) is 10.3 Å². The monoisotopic (exact) mass is 352 g/mol. The first kappa shape index (κ1) is 15.8. The zero-order valence-corrected chi connectivity index (χ0v) is 14.1. The topological polar surface area (TPSA) is 114 Å². The molecule has 3 heterocycles. The normalized spacial score (nSPS) is 17.7. The molecule has 2 aromatic heterocycles. The lowest BCUT2D eigenvalue weighted by Gasteiger charge is -2.12. The van der Waals surface area contributed by atoms with E-state index in [-0.39, 0.29) is 24.2 Å². The van der Waals surface area contributed by atoms with E-state index < -0.39 is 0 Å². The van der Waals surface area contributed by atoms with E-state index in [0.717, 1.165) is 10.7 Å². The molecule has 0 radical (unpaired) electrons. The standard InChI is InChI=1S/C13H16N6O2S2/c1-7-17-18-13(23-7)19-5-8(4-10(19)20)11(21)15-3-2-9-6-22-12(14)16-9/h6,8H,2-5H2,1H3,(H2,14,16)(H,15,21). The molecule has 1 aliphatic rings. The molecule has 3 N–H and O–H groups in total. The van der Waals surface area contributed by atoms with Crippen LogP contribution in [0.15, 0.2) is 5.38 Å². The van der Waals surface area contributed by atoms with Crippen molar-refractivity contribution in [2.75, 3.05) is 23.7 Å². The van der Waals surface area contributed by atoms with Gasteiger partial charge in [-0.1, -0.05) is 11.3 Å². The highest BCUT2D eigenvalue weighted by Crippen LogP contribution is 2.27. The van der Waals surface area contributed by atoms with Crippen molar-refractivity contribution in [2.24, 2.45) is 5.92 Å². The summed E-state index contributed by atoms with van der Waals surface area (Å²) in [5.74, 6) is -0.564. The summed E-state index contributed by atoms with van der Waals surface area (Å²) in [5, 5.41) is 14.5. The molecule has 0 bridgehead atoms. The second-order valence-electron chi connectivity index (χ2n) is 5.23. The van der Waals surface area contributed by atoms with Gasteiger partial charge in [0.2, 0.25) is 16.9 Å². The van der Waals surface area contributed by atoms with Crippen molar-refractivity contribution in [1.82, 2.24) is 20.5 Å². The molecule has 1 unspecified atom stereocenters. The number of aryl methyl sites for hydroxylation is 1. The quantitative estimate of drug-likeness (QED) is 0.814. The predicted molar refractivity (Wildman–Crippen MR) is 88.3 cm³/mol. The predicted octanol–water partition coefficient (Wildman–Crippen LogP) is 0.597. The Hall–Kier alpha value is -2.07. The molecule has 2 aromatic rings. The third-order valence-corrected chi connectivity index (χ3v) is 5.08. The van der Waals surface area contributed by atoms with E-state index in [0.29, 0.717) is 29.8 Å². The van der Waals surface area contributed by atoms with Gasteiger partial charge in [0.05, 0.1) is 11.6 Å². The Kier molecular flexibility index (Phi) is 4.53. The van der Waals surface area contributed by atoms with Crippen molar-refractivity contribution in [3.05, 3.63) is 16.1 Å². The number of nitrogens with two attached hydrogens (primary N) is 1. The number of thiazole rings is 1. The molecule has 0 saturated carbocycles. The van der Waals surface area contributed by atoms with Crippen LogP contribution in [0.2, 0.25) is 0 Å². The number of aromatic nitrogens is 3. The largest absolute Gasteiger partial charge is 0.375 e. The number of hydrogen-bond donors (Lipinski definition) is 2. The highest BCUT2D eigenvalue weighted by molar-refractivity contribution is 7.15. The summed E-state index contributed by atoms with van der Waals surface area (Å²) in [7, 11) is 0. The van der Waals surface area contributed by atoms with Gasteiger partial charge in [-0.15, -0.1) is 21.5 Å². The van der Waals surface area contributed by atoms with Crippen molar-refractivity contribution in [3.8, 4) is 0 Å². The van der Waals surface area contributed by atoms with E-state index in [4.69, 9.17) is 5.73 Å². The van der Waals surface area contributed by atoms with Gasteiger partial charge >= 0.3 is 0 Å². The Balaban J connectivity index is 1.51. The summed E-state index contributed by atoms with van der Waals surface area (Å²) >= 11 is 2.73. The molecule has 10 heteroatoms. The summed E-state index contributed by atoms with van der Waals surface area (Å²) in [6, 6.07) is 0. The average Bonchev–Trinajstić information content (AvgIpc) is 3.20. The maximum absolute atomic E-state index is 12.2.